The Morgan fingerprint density at radius 1 is 0.515 bits per heavy atom. The van der Waals surface area contributed by atoms with E-state index < -0.39 is 192 Å². The van der Waals surface area contributed by atoms with Crippen molar-refractivity contribution in [3.8, 4) is 80.1 Å². The Morgan fingerprint density at radius 3 is 1.43 bits per heavy atom. The van der Waals surface area contributed by atoms with Crippen molar-refractivity contribution >= 4 is 35.6 Å². The van der Waals surface area contributed by atoms with E-state index in [2.05, 4.69) is 0 Å². The fraction of sp³-hybridized carbons (Fsp3) is 0.167. The number of phenolic OH excluding ortho intramolecular Hbond substituents is 12. The molecule has 1 aromatic heterocycles. The van der Waals surface area contributed by atoms with Crippen LogP contribution in [0.5, 0.6) is 69.0 Å². The number of carbonyl (C=O) groups is 6. The van der Waals surface area contributed by atoms with Gasteiger partial charge >= 0.3 is 35.5 Å². The molecule has 12 N–H and O–H groups in total. The van der Waals surface area contributed by atoms with E-state index >= 15 is 0 Å². The number of aromatic hydroxyl groups is 12. The maximum Gasteiger partial charge on any atom is 0.340 e. The zero-order valence-electron chi connectivity index (χ0n) is 33.8. The highest BCUT2D eigenvalue weighted by atomic mass is 16.7. The molecule has 26 nitrogen and oxygen atoms in total. The predicted octanol–water partition coefficient (Wildman–Crippen LogP) is 1.71. The van der Waals surface area contributed by atoms with Crippen LogP contribution in [0.3, 0.4) is 0 Å². The van der Waals surface area contributed by atoms with E-state index in [1.165, 1.54) is 0 Å². The lowest BCUT2D eigenvalue weighted by molar-refractivity contribution is -0.282. The molecular formula is C42H30O26. The number of Topliss-reactive ketones (excluding diaryl/α,β-unsaturated/α-hetero) is 1. The molecule has 0 amide bonds. The zero-order chi connectivity index (χ0) is 49.8. The molecule has 4 aromatic carbocycles. The summed E-state index contributed by atoms with van der Waals surface area (Å²) in [6, 6.07) is 4.25. The van der Waals surface area contributed by atoms with Crippen LogP contribution in [0, 0.1) is 0 Å². The second-order valence-electron chi connectivity index (χ2n) is 14.5. The second-order valence-corrected chi connectivity index (χ2v) is 14.5. The molecule has 0 saturated carbocycles. The Labute approximate surface area is 375 Å². The number of carbonyl (C=O) groups excluding carboxylic acids is 6. The monoisotopic (exact) mass is 950 g/mol. The lowest BCUT2D eigenvalue weighted by atomic mass is 9.92. The van der Waals surface area contributed by atoms with Gasteiger partial charge in [-0.15, -0.1) is 0 Å². The van der Waals surface area contributed by atoms with Gasteiger partial charge < -0.3 is 94.1 Å². The topological polar surface area (TPSA) is 431 Å². The van der Waals surface area contributed by atoms with Crippen LogP contribution < -0.4 is 5.63 Å². The summed E-state index contributed by atoms with van der Waals surface area (Å²) in [6.07, 6.45) is -12.2. The maximum absolute atomic E-state index is 14.5. The molecule has 354 valence electrons. The Kier molecular flexibility index (Phi) is 11.9. The summed E-state index contributed by atoms with van der Waals surface area (Å²) in [5.41, 5.74) is -7.89. The van der Waals surface area contributed by atoms with Gasteiger partial charge in [-0.2, -0.15) is 0 Å². The molecule has 0 spiro atoms. The average Bonchev–Trinajstić information content (AvgIpc) is 3.28. The number of phenols is 12. The van der Waals surface area contributed by atoms with Gasteiger partial charge in [0.25, 0.3) is 0 Å². The highest BCUT2D eigenvalue weighted by Gasteiger charge is 2.55. The predicted molar refractivity (Wildman–Crippen MR) is 212 cm³/mol. The SMILES string of the molecule is CC(=O)c1oc(=O)cc2c1-c1c(cc(O)c(O)c1O)C(=O)OC1C(COC(=O)c3cc(O)c(O)c(O)c3)OC(OC(=O)c3cc(O)c(O)c(O)c3)C(OC2=O)C1OC(=O)c1cc(O)c(O)c(O)c1. The largest absolute Gasteiger partial charge is 0.504 e. The smallest absolute Gasteiger partial charge is 0.340 e. The van der Waals surface area contributed by atoms with Crippen molar-refractivity contribution in [1.82, 2.24) is 0 Å². The molecule has 26 heteroatoms. The van der Waals surface area contributed by atoms with Crippen LogP contribution in [0.15, 0.2) is 57.7 Å². The van der Waals surface area contributed by atoms with Gasteiger partial charge in [-0.3, -0.25) is 4.79 Å². The third kappa shape index (κ3) is 8.42. The third-order valence-electron chi connectivity index (χ3n) is 10.1. The Balaban J connectivity index is 1.46. The quantitative estimate of drug-likeness (QED) is 0.0456. The summed E-state index contributed by atoms with van der Waals surface area (Å²) < 4.78 is 38.7. The van der Waals surface area contributed by atoms with Gasteiger partial charge in [-0.1, -0.05) is 0 Å². The van der Waals surface area contributed by atoms with Crippen molar-refractivity contribution in [2.75, 3.05) is 6.61 Å². The van der Waals surface area contributed by atoms with E-state index in [0.717, 1.165) is 6.92 Å². The standard InChI is InChI=1S/C42H30O26/c1-11(43)33-27-16(9-25(51)64-33)41(61)67-36-35(66-38(58)13-4-19(46)29(53)20(47)5-13)34(65-40(60)15-8-23(50)31(55)32(56)26(15)27)24(10-62-37(57)12-2-17(44)28(52)18(45)3-12)63-42(36)68-39(59)14-6-21(48)30(54)22(49)7-14/h2-9,24,34-36,42,44-50,52-56H,10H2,1H3. The molecule has 5 atom stereocenters. The molecule has 7 rings (SSSR count). The minimum Gasteiger partial charge on any atom is -0.504 e. The van der Waals surface area contributed by atoms with Gasteiger partial charge in [-0.25, -0.2) is 28.8 Å². The summed E-state index contributed by atoms with van der Waals surface area (Å²) in [7, 11) is 0. The highest BCUT2D eigenvalue weighted by molar-refractivity contribution is 6.11. The molecule has 3 heterocycles. The van der Waals surface area contributed by atoms with Gasteiger partial charge in [0.2, 0.25) is 18.1 Å². The van der Waals surface area contributed by atoms with Crippen LogP contribution in [0.1, 0.15) is 69.3 Å². The number of ketones is 1. The molecule has 5 unspecified atom stereocenters. The van der Waals surface area contributed by atoms with Crippen molar-refractivity contribution in [2.24, 2.45) is 0 Å². The Hall–Kier alpha value is -9.59. The molecule has 2 aliphatic rings. The molecule has 0 aliphatic carbocycles. The normalized spacial score (nSPS) is 18.6. The Bertz CT molecular complexity index is 2990. The average molecular weight is 951 g/mol. The fourth-order valence-electron chi connectivity index (χ4n) is 6.86. The molecule has 68 heavy (non-hydrogen) atoms. The van der Waals surface area contributed by atoms with Crippen LogP contribution in [0.4, 0.5) is 0 Å². The van der Waals surface area contributed by atoms with Crippen molar-refractivity contribution < 1.29 is 123 Å². The fourth-order valence-corrected chi connectivity index (χ4v) is 6.86. The number of benzene rings is 4. The number of fused-ring (bicyclic) bond motifs is 5. The van der Waals surface area contributed by atoms with Crippen molar-refractivity contribution in [2.45, 2.75) is 37.6 Å². The summed E-state index contributed by atoms with van der Waals surface area (Å²) >= 11 is 0. The lowest BCUT2D eigenvalue weighted by Gasteiger charge is -2.43. The Morgan fingerprint density at radius 2 is 0.941 bits per heavy atom. The minimum atomic E-state index is -2.56. The van der Waals surface area contributed by atoms with Crippen molar-refractivity contribution in [3.05, 3.63) is 92.5 Å². The first-order valence-electron chi connectivity index (χ1n) is 18.9. The van der Waals surface area contributed by atoms with E-state index in [1.54, 1.807) is 0 Å². The van der Waals surface area contributed by atoms with Gasteiger partial charge in [0.15, 0.2) is 87.0 Å². The van der Waals surface area contributed by atoms with Crippen molar-refractivity contribution in [1.29, 1.82) is 0 Å². The van der Waals surface area contributed by atoms with E-state index in [9.17, 15) is 94.8 Å². The highest BCUT2D eigenvalue weighted by Crippen LogP contribution is 2.48. The van der Waals surface area contributed by atoms with Gasteiger partial charge in [0.1, 0.15) is 12.7 Å². The summed E-state index contributed by atoms with van der Waals surface area (Å²) in [4.78, 5) is 96.0. The van der Waals surface area contributed by atoms with E-state index in [0.29, 0.717) is 48.5 Å². The number of esters is 5. The van der Waals surface area contributed by atoms with Crippen LogP contribution in [-0.4, -0.2) is 134 Å². The third-order valence-corrected chi connectivity index (χ3v) is 10.1. The van der Waals surface area contributed by atoms with Crippen LogP contribution in [-0.2, 0) is 28.4 Å². The van der Waals surface area contributed by atoms with Crippen molar-refractivity contribution in [3.63, 3.8) is 0 Å². The van der Waals surface area contributed by atoms with Crippen LogP contribution in [0.25, 0.3) is 11.1 Å². The summed E-state index contributed by atoms with van der Waals surface area (Å²) in [6.45, 7) is -0.462. The molecule has 1 fully saturated rings. The van der Waals surface area contributed by atoms with Gasteiger partial charge in [0, 0.05) is 24.1 Å². The maximum atomic E-state index is 14.5. The number of hydrogen-bond donors (Lipinski definition) is 12. The number of hydrogen-bond acceptors (Lipinski definition) is 26. The first kappa shape index (κ1) is 46.4. The minimum absolute atomic E-state index is 0.356. The molecule has 0 radical (unpaired) electrons. The van der Waals surface area contributed by atoms with Crippen LogP contribution in [0.2, 0.25) is 0 Å². The van der Waals surface area contributed by atoms with E-state index in [-0.39, 0.29) is 0 Å². The summed E-state index contributed by atoms with van der Waals surface area (Å²) in [5, 5.41) is 123. The molecule has 2 bridgehead atoms. The second kappa shape index (κ2) is 17.4. The van der Waals surface area contributed by atoms with Crippen LogP contribution >= 0.6 is 0 Å². The number of rotatable bonds is 8. The first-order chi connectivity index (χ1) is 32.0. The zero-order valence-corrected chi connectivity index (χ0v) is 33.8. The first-order valence-corrected chi connectivity index (χ1v) is 18.9. The molecule has 1 saturated heterocycles. The summed E-state index contributed by atoms with van der Waals surface area (Å²) in [5.74, 6) is -24.4. The molecule has 2 aliphatic heterocycles. The van der Waals surface area contributed by atoms with E-state index in [4.69, 9.17) is 32.8 Å². The number of ether oxygens (including phenoxy) is 6. The molecule has 5 aromatic rings. The lowest BCUT2D eigenvalue weighted by Crippen LogP contribution is -2.63. The van der Waals surface area contributed by atoms with Gasteiger partial charge in [-0.05, 0) is 42.5 Å². The molecular weight excluding hydrogens is 920 g/mol. The van der Waals surface area contributed by atoms with Gasteiger partial charge in [0.05, 0.1) is 27.8 Å². The van der Waals surface area contributed by atoms with E-state index in [1.807, 2.05) is 0 Å².